The van der Waals surface area contributed by atoms with Crippen LogP contribution in [0.4, 0.5) is 11.4 Å². The summed E-state index contributed by atoms with van der Waals surface area (Å²) in [7, 11) is 0. The highest BCUT2D eigenvalue weighted by Crippen LogP contribution is 2.32. The lowest BCUT2D eigenvalue weighted by molar-refractivity contribution is -0.119. The number of carbonyl (C=O) groups excluding carboxylic acids is 1. The molecular weight excluding hydrogens is 272 g/mol. The monoisotopic (exact) mass is 294 g/mol. The molecule has 1 atom stereocenters. The summed E-state index contributed by atoms with van der Waals surface area (Å²) < 4.78 is 0. The van der Waals surface area contributed by atoms with Crippen molar-refractivity contribution in [2.45, 2.75) is 32.2 Å². The number of amides is 1. The van der Waals surface area contributed by atoms with Crippen molar-refractivity contribution in [3.8, 4) is 0 Å². The second-order valence-corrected chi connectivity index (χ2v) is 5.70. The molecule has 0 bridgehead atoms. The van der Waals surface area contributed by atoms with Gasteiger partial charge in [-0.05, 0) is 37.0 Å². The minimum absolute atomic E-state index is 0.105. The first kappa shape index (κ1) is 14.6. The van der Waals surface area contributed by atoms with E-state index in [1.54, 1.807) is 0 Å². The van der Waals surface area contributed by atoms with Crippen LogP contribution in [-0.2, 0) is 11.2 Å². The molecule has 0 aromatic heterocycles. The SMILES string of the molecule is CCC1Nc2ccccc2N(CCCc2ccccc2)C1=O. The number of anilines is 2. The maximum absolute atomic E-state index is 12.6. The van der Waals surface area contributed by atoms with E-state index in [0.29, 0.717) is 0 Å². The predicted molar refractivity (Wildman–Crippen MR) is 91.3 cm³/mol. The van der Waals surface area contributed by atoms with Crippen LogP contribution in [0.1, 0.15) is 25.3 Å². The Balaban J connectivity index is 1.72. The summed E-state index contributed by atoms with van der Waals surface area (Å²) in [6, 6.07) is 18.4. The summed E-state index contributed by atoms with van der Waals surface area (Å²) in [5, 5.41) is 3.34. The largest absolute Gasteiger partial charge is 0.372 e. The van der Waals surface area contributed by atoms with Crippen LogP contribution in [0, 0.1) is 0 Å². The number of rotatable bonds is 5. The van der Waals surface area contributed by atoms with Crippen molar-refractivity contribution < 1.29 is 4.79 Å². The minimum atomic E-state index is -0.105. The Morgan fingerprint density at radius 2 is 1.77 bits per heavy atom. The lowest BCUT2D eigenvalue weighted by atomic mass is 10.1. The molecule has 1 aliphatic rings. The highest BCUT2D eigenvalue weighted by molar-refractivity contribution is 6.04. The molecule has 0 aliphatic carbocycles. The van der Waals surface area contributed by atoms with Crippen LogP contribution in [-0.4, -0.2) is 18.5 Å². The van der Waals surface area contributed by atoms with Gasteiger partial charge >= 0.3 is 0 Å². The van der Waals surface area contributed by atoms with Gasteiger partial charge in [-0.1, -0.05) is 49.4 Å². The van der Waals surface area contributed by atoms with Crippen molar-refractivity contribution >= 4 is 17.3 Å². The van der Waals surface area contributed by atoms with E-state index in [2.05, 4.69) is 35.6 Å². The highest BCUT2D eigenvalue weighted by Gasteiger charge is 2.30. The first-order valence-corrected chi connectivity index (χ1v) is 8.00. The maximum atomic E-state index is 12.6. The van der Waals surface area contributed by atoms with Crippen molar-refractivity contribution in [2.75, 3.05) is 16.8 Å². The van der Waals surface area contributed by atoms with Crippen molar-refractivity contribution in [2.24, 2.45) is 0 Å². The van der Waals surface area contributed by atoms with Crippen molar-refractivity contribution in [1.29, 1.82) is 0 Å². The number of para-hydroxylation sites is 2. The van der Waals surface area contributed by atoms with E-state index >= 15 is 0 Å². The fourth-order valence-corrected chi connectivity index (χ4v) is 2.98. The number of hydrogen-bond acceptors (Lipinski definition) is 2. The lowest BCUT2D eigenvalue weighted by Gasteiger charge is -2.35. The number of hydrogen-bond donors (Lipinski definition) is 1. The smallest absolute Gasteiger partial charge is 0.249 e. The highest BCUT2D eigenvalue weighted by atomic mass is 16.2. The van der Waals surface area contributed by atoms with Crippen LogP contribution in [0.25, 0.3) is 0 Å². The molecule has 22 heavy (non-hydrogen) atoms. The van der Waals surface area contributed by atoms with Gasteiger partial charge in [0.1, 0.15) is 6.04 Å². The summed E-state index contributed by atoms with van der Waals surface area (Å²) >= 11 is 0. The van der Waals surface area contributed by atoms with Gasteiger partial charge in [0.2, 0.25) is 5.91 Å². The van der Waals surface area contributed by atoms with E-state index in [1.165, 1.54) is 5.56 Å². The zero-order valence-corrected chi connectivity index (χ0v) is 13.0. The predicted octanol–water partition coefficient (Wildman–Crippen LogP) is 3.86. The van der Waals surface area contributed by atoms with Gasteiger partial charge in [0.05, 0.1) is 11.4 Å². The summed E-state index contributed by atoms with van der Waals surface area (Å²) in [4.78, 5) is 14.6. The van der Waals surface area contributed by atoms with E-state index in [9.17, 15) is 4.79 Å². The van der Waals surface area contributed by atoms with Crippen LogP contribution in [0.5, 0.6) is 0 Å². The Bertz CT molecular complexity index is 639. The number of nitrogens with zero attached hydrogens (tertiary/aromatic N) is 1. The van der Waals surface area contributed by atoms with Gasteiger partial charge in [0.25, 0.3) is 0 Å². The summed E-state index contributed by atoms with van der Waals surface area (Å²) in [6.07, 6.45) is 2.78. The molecule has 0 saturated carbocycles. The van der Waals surface area contributed by atoms with Gasteiger partial charge in [0, 0.05) is 6.54 Å². The summed E-state index contributed by atoms with van der Waals surface area (Å²) in [5.41, 5.74) is 3.39. The maximum Gasteiger partial charge on any atom is 0.249 e. The Morgan fingerprint density at radius 3 is 2.55 bits per heavy atom. The zero-order valence-electron chi connectivity index (χ0n) is 13.0. The lowest BCUT2D eigenvalue weighted by Crippen LogP contribution is -2.47. The first-order chi connectivity index (χ1) is 10.8. The van der Waals surface area contributed by atoms with Gasteiger partial charge in [0.15, 0.2) is 0 Å². The normalized spacial score (nSPS) is 17.0. The molecule has 114 valence electrons. The van der Waals surface area contributed by atoms with Gasteiger partial charge in [-0.15, -0.1) is 0 Å². The average Bonchev–Trinajstić information content (AvgIpc) is 2.57. The van der Waals surface area contributed by atoms with Crippen LogP contribution >= 0.6 is 0 Å². The summed E-state index contributed by atoms with van der Waals surface area (Å²) in [5.74, 6) is 0.189. The van der Waals surface area contributed by atoms with Crippen LogP contribution in [0.15, 0.2) is 54.6 Å². The van der Waals surface area contributed by atoms with Crippen LogP contribution in [0.3, 0.4) is 0 Å². The van der Waals surface area contributed by atoms with Gasteiger partial charge in [-0.25, -0.2) is 0 Å². The Labute approximate surface area is 132 Å². The molecule has 3 rings (SSSR count). The molecule has 1 aliphatic heterocycles. The van der Waals surface area contributed by atoms with Gasteiger partial charge < -0.3 is 10.2 Å². The minimum Gasteiger partial charge on any atom is -0.372 e. The zero-order chi connectivity index (χ0) is 15.4. The fraction of sp³-hybridized carbons (Fsp3) is 0.316. The average molecular weight is 294 g/mol. The molecule has 0 radical (unpaired) electrons. The van der Waals surface area contributed by atoms with E-state index in [1.807, 2.05) is 36.1 Å². The second kappa shape index (κ2) is 6.65. The molecule has 2 aromatic rings. The first-order valence-electron chi connectivity index (χ1n) is 8.00. The molecule has 3 nitrogen and oxygen atoms in total. The topological polar surface area (TPSA) is 32.3 Å². The molecule has 0 fully saturated rings. The number of fused-ring (bicyclic) bond motifs is 1. The molecule has 1 heterocycles. The third-order valence-electron chi connectivity index (χ3n) is 4.19. The Morgan fingerprint density at radius 1 is 1.05 bits per heavy atom. The third-order valence-corrected chi connectivity index (χ3v) is 4.19. The number of benzene rings is 2. The Hall–Kier alpha value is -2.29. The van der Waals surface area contributed by atoms with E-state index < -0.39 is 0 Å². The van der Waals surface area contributed by atoms with Crippen LogP contribution < -0.4 is 10.2 Å². The van der Waals surface area contributed by atoms with Crippen molar-refractivity contribution in [1.82, 2.24) is 0 Å². The third kappa shape index (κ3) is 2.98. The van der Waals surface area contributed by atoms with Gasteiger partial charge in [-0.3, -0.25) is 4.79 Å². The molecule has 1 unspecified atom stereocenters. The molecule has 2 aromatic carbocycles. The van der Waals surface area contributed by atoms with Crippen LogP contribution in [0.2, 0.25) is 0 Å². The van der Waals surface area contributed by atoms with E-state index in [-0.39, 0.29) is 11.9 Å². The second-order valence-electron chi connectivity index (χ2n) is 5.70. The van der Waals surface area contributed by atoms with Gasteiger partial charge in [-0.2, -0.15) is 0 Å². The standard InChI is InChI=1S/C19H22N2O/c1-2-16-19(22)21(18-13-7-6-12-17(18)20-16)14-8-11-15-9-4-3-5-10-15/h3-7,9-10,12-13,16,20H,2,8,11,14H2,1H3. The molecule has 0 spiro atoms. The fourth-order valence-electron chi connectivity index (χ4n) is 2.98. The van der Waals surface area contributed by atoms with Crippen molar-refractivity contribution in [3.05, 3.63) is 60.2 Å². The number of aryl methyl sites for hydroxylation is 1. The molecule has 3 heteroatoms. The molecular formula is C19H22N2O. The van der Waals surface area contributed by atoms with E-state index in [4.69, 9.17) is 0 Å². The Kier molecular flexibility index (Phi) is 4.42. The summed E-state index contributed by atoms with van der Waals surface area (Å²) in [6.45, 7) is 2.81. The number of nitrogens with one attached hydrogen (secondary N) is 1. The van der Waals surface area contributed by atoms with E-state index in [0.717, 1.165) is 37.2 Å². The number of carbonyl (C=O) groups is 1. The molecule has 1 N–H and O–H groups in total. The molecule has 1 amide bonds. The molecule has 0 saturated heterocycles. The quantitative estimate of drug-likeness (QED) is 0.908. The van der Waals surface area contributed by atoms with Crippen molar-refractivity contribution in [3.63, 3.8) is 0 Å².